The van der Waals surface area contributed by atoms with Gasteiger partial charge in [0.2, 0.25) is 0 Å². The number of likely N-dealkylation sites (N-methyl/N-ethyl adjacent to an activating group) is 1. The maximum absolute atomic E-state index is 3.40. The molecule has 0 heterocycles. The molecule has 2 aromatic rings. The van der Waals surface area contributed by atoms with E-state index >= 15 is 0 Å². The first kappa shape index (κ1) is 14.7. The average Bonchev–Trinajstić information content (AvgIpc) is 2.40. The normalized spacial score (nSPS) is 10.1. The van der Waals surface area contributed by atoms with Crippen LogP contribution in [0.2, 0.25) is 0 Å². The molecule has 1 nitrogen and oxygen atoms in total. The monoisotopic (exact) mass is 261 g/mol. The molecule has 0 saturated heterocycles. The van der Waals surface area contributed by atoms with Crippen molar-refractivity contribution in [2.45, 2.75) is 18.9 Å². The Kier molecular flexibility index (Phi) is 6.48. The molecule has 18 heavy (non-hydrogen) atoms. The van der Waals surface area contributed by atoms with Crippen LogP contribution in [0.15, 0.2) is 60.7 Å². The minimum Gasteiger partial charge on any atom is -0.316 e. The third-order valence-electron chi connectivity index (χ3n) is 3.06. The Morgan fingerprint density at radius 3 is 1.50 bits per heavy atom. The van der Waals surface area contributed by atoms with E-state index in [2.05, 4.69) is 66.0 Å². The third kappa shape index (κ3) is 4.52. The van der Waals surface area contributed by atoms with E-state index in [1.165, 1.54) is 11.1 Å². The predicted molar refractivity (Wildman–Crippen MR) is 80.4 cm³/mol. The highest BCUT2D eigenvalue weighted by molar-refractivity contribution is 5.85. The SMILES string of the molecule is CNC(Cc1ccccc1)Cc1ccccc1.Cl. The molecular weight excluding hydrogens is 242 g/mol. The van der Waals surface area contributed by atoms with E-state index in [0.717, 1.165) is 12.8 Å². The summed E-state index contributed by atoms with van der Waals surface area (Å²) >= 11 is 0. The van der Waals surface area contributed by atoms with E-state index in [1.54, 1.807) is 0 Å². The van der Waals surface area contributed by atoms with Crippen LogP contribution in [0.5, 0.6) is 0 Å². The molecule has 0 spiro atoms. The van der Waals surface area contributed by atoms with E-state index in [1.807, 2.05) is 7.05 Å². The maximum atomic E-state index is 3.40. The quantitative estimate of drug-likeness (QED) is 0.869. The molecule has 1 N–H and O–H groups in total. The highest BCUT2D eigenvalue weighted by Gasteiger charge is 2.07. The molecule has 0 unspecified atom stereocenters. The molecule has 0 bridgehead atoms. The van der Waals surface area contributed by atoms with Gasteiger partial charge in [0.15, 0.2) is 0 Å². The van der Waals surface area contributed by atoms with Crippen molar-refractivity contribution in [1.82, 2.24) is 5.32 Å². The first-order valence-corrected chi connectivity index (χ1v) is 6.13. The average molecular weight is 262 g/mol. The van der Waals surface area contributed by atoms with Gasteiger partial charge in [-0.15, -0.1) is 12.4 Å². The molecule has 0 saturated carbocycles. The molecule has 0 fully saturated rings. The van der Waals surface area contributed by atoms with Gasteiger partial charge in [-0.2, -0.15) is 0 Å². The second-order valence-corrected chi connectivity index (χ2v) is 4.37. The van der Waals surface area contributed by atoms with Gasteiger partial charge in [-0.1, -0.05) is 60.7 Å². The van der Waals surface area contributed by atoms with E-state index in [4.69, 9.17) is 0 Å². The minimum absolute atomic E-state index is 0. The molecule has 0 aromatic heterocycles. The van der Waals surface area contributed by atoms with Crippen molar-refractivity contribution in [3.8, 4) is 0 Å². The number of hydrogen-bond donors (Lipinski definition) is 1. The van der Waals surface area contributed by atoms with Crippen LogP contribution in [-0.4, -0.2) is 13.1 Å². The van der Waals surface area contributed by atoms with E-state index < -0.39 is 0 Å². The topological polar surface area (TPSA) is 12.0 Å². The molecule has 0 amide bonds. The molecule has 2 heteroatoms. The van der Waals surface area contributed by atoms with Crippen LogP contribution in [-0.2, 0) is 12.8 Å². The lowest BCUT2D eigenvalue weighted by Crippen LogP contribution is -2.29. The summed E-state index contributed by atoms with van der Waals surface area (Å²) in [4.78, 5) is 0. The van der Waals surface area contributed by atoms with Crippen LogP contribution in [0.3, 0.4) is 0 Å². The van der Waals surface area contributed by atoms with Crippen LogP contribution in [0.25, 0.3) is 0 Å². The van der Waals surface area contributed by atoms with Crippen LogP contribution in [0.1, 0.15) is 11.1 Å². The van der Waals surface area contributed by atoms with Crippen molar-refractivity contribution in [2.24, 2.45) is 0 Å². The van der Waals surface area contributed by atoms with Crippen LogP contribution in [0, 0.1) is 0 Å². The molecule has 2 rings (SSSR count). The summed E-state index contributed by atoms with van der Waals surface area (Å²) in [6, 6.07) is 21.8. The Morgan fingerprint density at radius 2 is 1.17 bits per heavy atom. The number of hydrogen-bond acceptors (Lipinski definition) is 1. The van der Waals surface area contributed by atoms with Crippen LogP contribution >= 0.6 is 12.4 Å². The maximum Gasteiger partial charge on any atom is 0.0145 e. The van der Waals surface area contributed by atoms with E-state index in [0.29, 0.717) is 6.04 Å². The van der Waals surface area contributed by atoms with Gasteiger partial charge in [-0.3, -0.25) is 0 Å². The van der Waals surface area contributed by atoms with Crippen molar-refractivity contribution < 1.29 is 0 Å². The molecule has 0 aliphatic carbocycles. The highest BCUT2D eigenvalue weighted by Crippen LogP contribution is 2.08. The third-order valence-corrected chi connectivity index (χ3v) is 3.06. The van der Waals surface area contributed by atoms with E-state index in [9.17, 15) is 0 Å². The first-order valence-electron chi connectivity index (χ1n) is 6.13. The number of halogens is 1. The van der Waals surface area contributed by atoms with Gasteiger partial charge in [0.1, 0.15) is 0 Å². The second-order valence-electron chi connectivity index (χ2n) is 4.37. The van der Waals surface area contributed by atoms with Crippen LogP contribution < -0.4 is 5.32 Å². The van der Waals surface area contributed by atoms with Crippen LogP contribution in [0.4, 0.5) is 0 Å². The highest BCUT2D eigenvalue weighted by atomic mass is 35.5. The van der Waals surface area contributed by atoms with Crippen molar-refractivity contribution in [2.75, 3.05) is 7.05 Å². The molecule has 0 atom stereocenters. The fourth-order valence-corrected chi connectivity index (χ4v) is 2.07. The fraction of sp³-hybridized carbons (Fsp3) is 0.250. The molecule has 96 valence electrons. The fourth-order valence-electron chi connectivity index (χ4n) is 2.07. The Labute approximate surface area is 116 Å². The van der Waals surface area contributed by atoms with Crippen molar-refractivity contribution >= 4 is 12.4 Å². The Morgan fingerprint density at radius 1 is 0.778 bits per heavy atom. The summed E-state index contributed by atoms with van der Waals surface area (Å²) in [5.41, 5.74) is 2.78. The number of benzene rings is 2. The number of rotatable bonds is 5. The summed E-state index contributed by atoms with van der Waals surface area (Å²) in [5.74, 6) is 0. The zero-order valence-corrected chi connectivity index (χ0v) is 11.5. The molecular formula is C16H20ClN. The van der Waals surface area contributed by atoms with Gasteiger partial charge in [0.05, 0.1) is 0 Å². The Bertz CT molecular complexity index is 386. The zero-order chi connectivity index (χ0) is 11.9. The molecule has 0 radical (unpaired) electrons. The van der Waals surface area contributed by atoms with Gasteiger partial charge in [-0.25, -0.2) is 0 Å². The van der Waals surface area contributed by atoms with Gasteiger partial charge in [0.25, 0.3) is 0 Å². The summed E-state index contributed by atoms with van der Waals surface area (Å²) in [6.45, 7) is 0. The van der Waals surface area contributed by atoms with Gasteiger partial charge in [-0.05, 0) is 31.0 Å². The van der Waals surface area contributed by atoms with Crippen molar-refractivity contribution in [1.29, 1.82) is 0 Å². The standard InChI is InChI=1S/C16H19N.ClH/c1-17-16(12-14-8-4-2-5-9-14)13-15-10-6-3-7-11-15;/h2-11,16-17H,12-13H2,1H3;1H. The van der Waals surface area contributed by atoms with Gasteiger partial charge < -0.3 is 5.32 Å². The Balaban J connectivity index is 0.00000162. The smallest absolute Gasteiger partial charge is 0.0145 e. The molecule has 0 aliphatic heterocycles. The molecule has 2 aromatic carbocycles. The number of nitrogens with one attached hydrogen (secondary N) is 1. The zero-order valence-electron chi connectivity index (χ0n) is 10.7. The lowest BCUT2D eigenvalue weighted by atomic mass is 9.99. The van der Waals surface area contributed by atoms with Crippen molar-refractivity contribution in [3.05, 3.63) is 71.8 Å². The summed E-state index contributed by atoms with van der Waals surface area (Å²) in [7, 11) is 2.04. The van der Waals surface area contributed by atoms with Gasteiger partial charge in [0, 0.05) is 6.04 Å². The second kappa shape index (κ2) is 7.91. The first-order chi connectivity index (χ1) is 8.38. The predicted octanol–water partition coefficient (Wildman–Crippen LogP) is 3.48. The lowest BCUT2D eigenvalue weighted by molar-refractivity contribution is 0.556. The summed E-state index contributed by atoms with van der Waals surface area (Å²) in [5, 5.41) is 3.40. The minimum atomic E-state index is 0. The largest absolute Gasteiger partial charge is 0.316 e. The van der Waals surface area contributed by atoms with Crippen molar-refractivity contribution in [3.63, 3.8) is 0 Å². The summed E-state index contributed by atoms with van der Waals surface area (Å²) in [6.07, 6.45) is 2.15. The lowest BCUT2D eigenvalue weighted by Gasteiger charge is -2.16. The summed E-state index contributed by atoms with van der Waals surface area (Å²) < 4.78 is 0. The van der Waals surface area contributed by atoms with Gasteiger partial charge >= 0.3 is 0 Å². The molecule has 0 aliphatic rings. The van der Waals surface area contributed by atoms with E-state index in [-0.39, 0.29) is 12.4 Å². The Hall–Kier alpha value is -1.31.